The van der Waals surface area contributed by atoms with E-state index in [2.05, 4.69) is 65.4 Å². The minimum Gasteiger partial charge on any atom is -0.297 e. The second kappa shape index (κ2) is 5.35. The van der Waals surface area contributed by atoms with Crippen molar-refractivity contribution in [2.24, 2.45) is 5.92 Å². The summed E-state index contributed by atoms with van der Waals surface area (Å²) in [7, 11) is 4.24. The molecular formula is C13H25N. The van der Waals surface area contributed by atoms with Gasteiger partial charge in [0.05, 0.1) is 5.54 Å². The van der Waals surface area contributed by atoms with Crippen LogP contribution in [0, 0.1) is 5.92 Å². The Labute approximate surface area is 89.5 Å². The zero-order chi connectivity index (χ0) is 11.4. The van der Waals surface area contributed by atoms with Crippen LogP contribution in [0.5, 0.6) is 0 Å². The van der Waals surface area contributed by atoms with E-state index in [0.29, 0.717) is 5.92 Å². The van der Waals surface area contributed by atoms with Gasteiger partial charge in [-0.1, -0.05) is 38.2 Å². The van der Waals surface area contributed by atoms with Crippen LogP contribution in [-0.4, -0.2) is 24.5 Å². The van der Waals surface area contributed by atoms with Gasteiger partial charge in [0, 0.05) is 0 Å². The molecule has 0 saturated carbocycles. The van der Waals surface area contributed by atoms with Crippen LogP contribution < -0.4 is 0 Å². The minimum atomic E-state index is 0.0307. The lowest BCUT2D eigenvalue weighted by atomic mass is 9.82. The van der Waals surface area contributed by atoms with Gasteiger partial charge in [0.1, 0.15) is 0 Å². The molecule has 0 spiro atoms. The number of nitrogens with zero attached hydrogens (tertiary/aromatic N) is 1. The third-order valence-corrected chi connectivity index (χ3v) is 2.70. The van der Waals surface area contributed by atoms with E-state index in [9.17, 15) is 0 Å². The summed E-state index contributed by atoms with van der Waals surface area (Å²) in [5.74, 6) is 0.672. The van der Waals surface area contributed by atoms with Crippen LogP contribution in [0.3, 0.4) is 0 Å². The van der Waals surface area contributed by atoms with Crippen LogP contribution in [0.2, 0.25) is 0 Å². The van der Waals surface area contributed by atoms with Gasteiger partial charge in [0.15, 0.2) is 0 Å². The van der Waals surface area contributed by atoms with Crippen LogP contribution in [0.15, 0.2) is 24.3 Å². The Morgan fingerprint density at radius 1 is 1.43 bits per heavy atom. The summed E-state index contributed by atoms with van der Waals surface area (Å²) in [6.45, 7) is 12.8. The highest BCUT2D eigenvalue weighted by molar-refractivity contribution is 5.24. The minimum absolute atomic E-state index is 0.0307. The maximum atomic E-state index is 4.13. The van der Waals surface area contributed by atoms with E-state index in [1.165, 1.54) is 5.57 Å². The van der Waals surface area contributed by atoms with E-state index in [0.717, 1.165) is 6.42 Å². The van der Waals surface area contributed by atoms with Gasteiger partial charge < -0.3 is 0 Å². The van der Waals surface area contributed by atoms with E-state index >= 15 is 0 Å². The smallest absolute Gasteiger partial charge is 0.0596 e. The summed E-state index contributed by atoms with van der Waals surface area (Å²) in [5, 5.41) is 0. The van der Waals surface area contributed by atoms with Gasteiger partial charge in [-0.25, -0.2) is 0 Å². The Bertz CT molecular complexity index is 213. The predicted octanol–water partition coefficient (Wildman–Crippen LogP) is 3.49. The van der Waals surface area contributed by atoms with E-state index < -0.39 is 0 Å². The topological polar surface area (TPSA) is 3.24 Å². The molecule has 0 fully saturated rings. The fourth-order valence-electron chi connectivity index (χ4n) is 2.00. The monoisotopic (exact) mass is 195 g/mol. The van der Waals surface area contributed by atoms with Crippen molar-refractivity contribution < 1.29 is 0 Å². The molecule has 0 aliphatic heterocycles. The van der Waals surface area contributed by atoms with E-state index in [-0.39, 0.29) is 5.54 Å². The Balaban J connectivity index is 5.05. The van der Waals surface area contributed by atoms with Crippen molar-refractivity contribution in [3.63, 3.8) is 0 Å². The summed E-state index contributed by atoms with van der Waals surface area (Å²) >= 11 is 0. The van der Waals surface area contributed by atoms with Gasteiger partial charge in [0.25, 0.3) is 0 Å². The highest BCUT2D eigenvalue weighted by atomic mass is 15.1. The van der Waals surface area contributed by atoms with Gasteiger partial charge in [-0.3, -0.25) is 4.90 Å². The van der Waals surface area contributed by atoms with Crippen LogP contribution in [0.4, 0.5) is 0 Å². The molecule has 0 radical (unpaired) electrons. The maximum absolute atomic E-state index is 4.13. The third-order valence-electron chi connectivity index (χ3n) is 2.70. The molecule has 0 aromatic rings. The molecule has 82 valence electrons. The molecular weight excluding hydrogens is 170 g/mol. The summed E-state index contributed by atoms with van der Waals surface area (Å²) < 4.78 is 0. The quantitative estimate of drug-likeness (QED) is 0.607. The van der Waals surface area contributed by atoms with Crippen LogP contribution in [0.25, 0.3) is 0 Å². The molecule has 1 heteroatoms. The number of hydrogen-bond donors (Lipinski definition) is 0. The fraction of sp³-hybridized carbons (Fsp3) is 0.692. The maximum Gasteiger partial charge on any atom is 0.0596 e. The average molecular weight is 195 g/mol. The first-order valence-corrected chi connectivity index (χ1v) is 5.34. The van der Waals surface area contributed by atoms with Gasteiger partial charge in [-0.2, -0.15) is 0 Å². The molecule has 0 aliphatic rings. The van der Waals surface area contributed by atoms with Gasteiger partial charge in [-0.15, -0.1) is 0 Å². The van der Waals surface area contributed by atoms with Crippen LogP contribution >= 0.6 is 0 Å². The highest BCUT2D eigenvalue weighted by Crippen LogP contribution is 2.30. The number of hydrogen-bond acceptors (Lipinski definition) is 1. The first kappa shape index (κ1) is 13.4. The standard InChI is InChI=1S/C13H25N/c1-8-9-13(12(4)5,14(6)7)10-11(2)3/h8-9,11H,4,10H2,1-3,5-7H3/b9-8+. The van der Waals surface area contributed by atoms with Crippen molar-refractivity contribution >= 4 is 0 Å². The van der Waals surface area contributed by atoms with Crippen molar-refractivity contribution in [3.05, 3.63) is 24.3 Å². The summed E-state index contributed by atoms with van der Waals surface area (Å²) in [5.41, 5.74) is 1.25. The molecule has 1 unspecified atom stereocenters. The molecule has 1 nitrogen and oxygen atoms in total. The van der Waals surface area contributed by atoms with E-state index in [1.807, 2.05) is 0 Å². The average Bonchev–Trinajstić information content (AvgIpc) is 2.01. The molecule has 0 saturated heterocycles. The SMILES string of the molecule is C=C(C)C(/C=C/C)(CC(C)C)N(C)C. The molecule has 1 atom stereocenters. The van der Waals surface area contributed by atoms with Gasteiger partial charge >= 0.3 is 0 Å². The molecule has 0 aromatic carbocycles. The Morgan fingerprint density at radius 3 is 2.14 bits per heavy atom. The second-order valence-corrected chi connectivity index (χ2v) is 4.70. The lowest BCUT2D eigenvalue weighted by Gasteiger charge is -2.39. The largest absolute Gasteiger partial charge is 0.297 e. The molecule has 0 bridgehead atoms. The summed E-state index contributed by atoms with van der Waals surface area (Å²) in [6.07, 6.45) is 5.51. The van der Waals surface area contributed by atoms with Crippen molar-refractivity contribution in [1.29, 1.82) is 0 Å². The Hall–Kier alpha value is -0.560. The van der Waals surface area contributed by atoms with Gasteiger partial charge in [-0.05, 0) is 40.3 Å². The number of allylic oxidation sites excluding steroid dienone is 1. The lowest BCUT2D eigenvalue weighted by molar-refractivity contribution is 0.212. The van der Waals surface area contributed by atoms with Gasteiger partial charge in [0.2, 0.25) is 0 Å². The number of likely N-dealkylation sites (N-methyl/N-ethyl adjacent to an activating group) is 1. The normalized spacial score (nSPS) is 16.6. The van der Waals surface area contributed by atoms with Crippen molar-refractivity contribution in [2.45, 2.75) is 39.7 Å². The second-order valence-electron chi connectivity index (χ2n) is 4.70. The predicted molar refractivity (Wildman–Crippen MR) is 65.5 cm³/mol. The third kappa shape index (κ3) is 2.98. The molecule has 0 N–H and O–H groups in total. The van der Waals surface area contributed by atoms with E-state index in [1.54, 1.807) is 0 Å². The fourth-order valence-corrected chi connectivity index (χ4v) is 2.00. The summed E-state index contributed by atoms with van der Waals surface area (Å²) in [4.78, 5) is 2.26. The highest BCUT2D eigenvalue weighted by Gasteiger charge is 2.30. The molecule has 0 amide bonds. The molecule has 0 aromatic heterocycles. The van der Waals surface area contributed by atoms with Crippen molar-refractivity contribution in [1.82, 2.24) is 4.90 Å². The first-order valence-electron chi connectivity index (χ1n) is 5.34. The molecule has 0 aliphatic carbocycles. The van der Waals surface area contributed by atoms with Crippen LogP contribution in [0.1, 0.15) is 34.1 Å². The van der Waals surface area contributed by atoms with Crippen molar-refractivity contribution in [3.8, 4) is 0 Å². The zero-order valence-electron chi connectivity index (χ0n) is 10.6. The van der Waals surface area contributed by atoms with Crippen LogP contribution in [-0.2, 0) is 0 Å². The molecule has 14 heavy (non-hydrogen) atoms. The molecule has 0 rings (SSSR count). The summed E-state index contributed by atoms with van der Waals surface area (Å²) in [6, 6.07) is 0. The Kier molecular flexibility index (Phi) is 5.14. The Morgan fingerprint density at radius 2 is 1.93 bits per heavy atom. The molecule has 0 heterocycles. The number of rotatable bonds is 5. The lowest BCUT2D eigenvalue weighted by Crippen LogP contribution is -2.44. The van der Waals surface area contributed by atoms with Crippen molar-refractivity contribution in [2.75, 3.05) is 14.1 Å². The van der Waals surface area contributed by atoms with E-state index in [4.69, 9.17) is 0 Å². The zero-order valence-corrected chi connectivity index (χ0v) is 10.6. The first-order chi connectivity index (χ1) is 6.36.